The molecule has 66 valence electrons. The molecule has 0 amide bonds. The van der Waals surface area contributed by atoms with Gasteiger partial charge in [0.1, 0.15) is 0 Å². The number of rotatable bonds is 3. The van der Waals surface area contributed by atoms with E-state index in [1.54, 1.807) is 0 Å². The first-order chi connectivity index (χ1) is 5.00. The fraction of sp³-hybridized carbons (Fsp3) is 0.800. The van der Waals surface area contributed by atoms with Gasteiger partial charge in [-0.3, -0.25) is 0 Å². The Bertz CT molecular complexity index is 133. The second kappa shape index (κ2) is 4.55. The highest BCUT2D eigenvalue weighted by Crippen LogP contribution is 2.22. The molecule has 0 saturated carbocycles. The summed E-state index contributed by atoms with van der Waals surface area (Å²) in [6.45, 7) is 11.8. The zero-order valence-electron chi connectivity index (χ0n) is 8.44. The molecule has 0 unspecified atom stereocenters. The van der Waals surface area contributed by atoms with Crippen LogP contribution in [0.1, 0.15) is 34.6 Å². The summed E-state index contributed by atoms with van der Waals surface area (Å²) in [4.78, 5) is 0. The first kappa shape index (κ1) is 10.7. The van der Waals surface area contributed by atoms with Gasteiger partial charge in [0.05, 0.1) is 0 Å². The molecular formula is C10H21N. The van der Waals surface area contributed by atoms with Crippen molar-refractivity contribution >= 4 is 0 Å². The van der Waals surface area contributed by atoms with Gasteiger partial charge < -0.3 is 5.73 Å². The third-order valence-electron chi connectivity index (χ3n) is 2.04. The van der Waals surface area contributed by atoms with E-state index in [0.717, 1.165) is 0 Å². The molecule has 11 heavy (non-hydrogen) atoms. The van der Waals surface area contributed by atoms with E-state index >= 15 is 0 Å². The zero-order valence-corrected chi connectivity index (χ0v) is 8.44. The normalized spacial score (nSPS) is 10.9. The van der Waals surface area contributed by atoms with Crippen LogP contribution in [0.15, 0.2) is 11.1 Å². The maximum absolute atomic E-state index is 5.59. The van der Waals surface area contributed by atoms with E-state index in [9.17, 15) is 0 Å². The monoisotopic (exact) mass is 155 g/mol. The van der Waals surface area contributed by atoms with Crippen LogP contribution < -0.4 is 5.73 Å². The molecule has 0 aromatic rings. The average Bonchev–Trinajstić information content (AvgIpc) is 1.85. The van der Waals surface area contributed by atoms with Crippen LogP contribution in [0.5, 0.6) is 0 Å². The molecule has 0 rings (SSSR count). The molecule has 0 aliphatic carbocycles. The molecule has 2 N–H and O–H groups in total. The number of hydrogen-bond donors (Lipinski definition) is 1. The first-order valence-electron chi connectivity index (χ1n) is 4.40. The highest BCUT2D eigenvalue weighted by Gasteiger charge is 2.09. The van der Waals surface area contributed by atoms with Gasteiger partial charge in [-0.25, -0.2) is 0 Å². The van der Waals surface area contributed by atoms with Gasteiger partial charge in [0.2, 0.25) is 0 Å². The molecule has 0 aromatic carbocycles. The van der Waals surface area contributed by atoms with Gasteiger partial charge in [0.25, 0.3) is 0 Å². The standard InChI is InChI=1S/C10H21N/c1-7(2)10(8(3)4)9(5)6-11/h7-8H,6,11H2,1-5H3. The van der Waals surface area contributed by atoms with Crippen molar-refractivity contribution in [3.05, 3.63) is 11.1 Å². The molecule has 0 heterocycles. The van der Waals surface area contributed by atoms with Crippen LogP contribution >= 0.6 is 0 Å². The summed E-state index contributed by atoms with van der Waals surface area (Å²) in [6, 6.07) is 0. The smallest absolute Gasteiger partial charge is 0.0136 e. The topological polar surface area (TPSA) is 26.0 Å². The summed E-state index contributed by atoms with van der Waals surface area (Å²) in [7, 11) is 0. The minimum atomic E-state index is 0.638. The molecule has 1 heteroatoms. The van der Waals surface area contributed by atoms with Gasteiger partial charge in [-0.2, -0.15) is 0 Å². The van der Waals surface area contributed by atoms with Crippen LogP contribution in [0, 0.1) is 11.8 Å². The fourth-order valence-electron chi connectivity index (χ4n) is 1.77. The molecule has 0 aliphatic heterocycles. The van der Waals surface area contributed by atoms with Crippen molar-refractivity contribution in [2.24, 2.45) is 17.6 Å². The summed E-state index contributed by atoms with van der Waals surface area (Å²) in [6.07, 6.45) is 0. The van der Waals surface area contributed by atoms with Crippen LogP contribution in [-0.2, 0) is 0 Å². The van der Waals surface area contributed by atoms with Gasteiger partial charge in [0.15, 0.2) is 0 Å². The van der Waals surface area contributed by atoms with Gasteiger partial charge in [0, 0.05) is 6.54 Å². The van der Waals surface area contributed by atoms with E-state index in [4.69, 9.17) is 5.73 Å². The molecular weight excluding hydrogens is 134 g/mol. The Morgan fingerprint density at radius 2 is 1.45 bits per heavy atom. The van der Waals surface area contributed by atoms with Crippen molar-refractivity contribution in [2.75, 3.05) is 6.54 Å². The predicted octanol–water partition coefficient (Wildman–Crippen LogP) is 2.57. The molecule has 0 spiro atoms. The van der Waals surface area contributed by atoms with Gasteiger partial charge in [-0.05, 0) is 18.8 Å². The van der Waals surface area contributed by atoms with Crippen molar-refractivity contribution < 1.29 is 0 Å². The Kier molecular flexibility index (Phi) is 4.43. The Hall–Kier alpha value is -0.300. The summed E-state index contributed by atoms with van der Waals surface area (Å²) < 4.78 is 0. The summed E-state index contributed by atoms with van der Waals surface area (Å²) in [5.74, 6) is 1.28. The van der Waals surface area contributed by atoms with Crippen LogP contribution in [0.4, 0.5) is 0 Å². The Morgan fingerprint density at radius 3 is 1.55 bits per heavy atom. The van der Waals surface area contributed by atoms with Gasteiger partial charge in [-0.1, -0.05) is 38.8 Å². The summed E-state index contributed by atoms with van der Waals surface area (Å²) in [5.41, 5.74) is 8.47. The van der Waals surface area contributed by atoms with E-state index < -0.39 is 0 Å². The second-order valence-corrected chi connectivity index (χ2v) is 3.75. The second-order valence-electron chi connectivity index (χ2n) is 3.75. The molecule has 0 aromatic heterocycles. The number of nitrogens with two attached hydrogens (primary N) is 1. The fourth-order valence-corrected chi connectivity index (χ4v) is 1.77. The van der Waals surface area contributed by atoms with Crippen LogP contribution in [0.3, 0.4) is 0 Å². The van der Waals surface area contributed by atoms with E-state index in [1.807, 2.05) is 0 Å². The maximum atomic E-state index is 5.59. The van der Waals surface area contributed by atoms with E-state index in [0.29, 0.717) is 18.4 Å². The SMILES string of the molecule is CC(CN)=C(C(C)C)C(C)C. The molecule has 0 aliphatic rings. The highest BCUT2D eigenvalue weighted by atomic mass is 14.5. The van der Waals surface area contributed by atoms with Crippen LogP contribution in [0.25, 0.3) is 0 Å². The zero-order chi connectivity index (χ0) is 9.02. The molecule has 1 nitrogen and oxygen atoms in total. The van der Waals surface area contributed by atoms with Crippen molar-refractivity contribution in [3.8, 4) is 0 Å². The summed E-state index contributed by atoms with van der Waals surface area (Å²) in [5, 5.41) is 0. The van der Waals surface area contributed by atoms with Crippen molar-refractivity contribution in [1.29, 1.82) is 0 Å². The highest BCUT2D eigenvalue weighted by molar-refractivity contribution is 5.17. The molecule has 0 bridgehead atoms. The largest absolute Gasteiger partial charge is 0.327 e. The number of hydrogen-bond acceptors (Lipinski definition) is 1. The van der Waals surface area contributed by atoms with Crippen LogP contribution in [0.2, 0.25) is 0 Å². The average molecular weight is 155 g/mol. The van der Waals surface area contributed by atoms with Gasteiger partial charge in [-0.15, -0.1) is 0 Å². The molecule has 0 fully saturated rings. The lowest BCUT2D eigenvalue weighted by Crippen LogP contribution is -2.11. The molecule has 0 radical (unpaired) electrons. The van der Waals surface area contributed by atoms with Crippen molar-refractivity contribution in [1.82, 2.24) is 0 Å². The quantitative estimate of drug-likeness (QED) is 0.623. The van der Waals surface area contributed by atoms with E-state index in [1.165, 1.54) is 11.1 Å². The van der Waals surface area contributed by atoms with E-state index in [-0.39, 0.29) is 0 Å². The minimum absolute atomic E-state index is 0.638. The Morgan fingerprint density at radius 1 is 1.09 bits per heavy atom. The minimum Gasteiger partial charge on any atom is -0.327 e. The molecule has 0 saturated heterocycles. The van der Waals surface area contributed by atoms with E-state index in [2.05, 4.69) is 34.6 Å². The van der Waals surface area contributed by atoms with Crippen molar-refractivity contribution in [3.63, 3.8) is 0 Å². The number of allylic oxidation sites excluding steroid dienone is 1. The van der Waals surface area contributed by atoms with Crippen LogP contribution in [-0.4, -0.2) is 6.54 Å². The predicted molar refractivity (Wildman–Crippen MR) is 51.4 cm³/mol. The lowest BCUT2D eigenvalue weighted by Gasteiger charge is -2.18. The maximum Gasteiger partial charge on any atom is 0.0136 e. The third kappa shape index (κ3) is 3.06. The van der Waals surface area contributed by atoms with Crippen molar-refractivity contribution in [2.45, 2.75) is 34.6 Å². The molecule has 0 atom stereocenters. The lowest BCUT2D eigenvalue weighted by atomic mass is 9.88. The Labute approximate surface area is 70.7 Å². The summed E-state index contributed by atoms with van der Waals surface area (Å²) >= 11 is 0. The lowest BCUT2D eigenvalue weighted by molar-refractivity contribution is 0.612. The van der Waals surface area contributed by atoms with Gasteiger partial charge >= 0.3 is 0 Å². The first-order valence-corrected chi connectivity index (χ1v) is 4.40. The Balaban J connectivity index is 4.58. The third-order valence-corrected chi connectivity index (χ3v) is 2.04.